The van der Waals surface area contributed by atoms with Crippen LogP contribution in [0.5, 0.6) is 0 Å². The predicted octanol–water partition coefficient (Wildman–Crippen LogP) is -4.05. The van der Waals surface area contributed by atoms with Crippen molar-refractivity contribution in [1.29, 1.82) is 0 Å². The van der Waals surface area contributed by atoms with Gasteiger partial charge in [-0.2, -0.15) is 0 Å². The topological polar surface area (TPSA) is 49.4 Å². The van der Waals surface area contributed by atoms with Gasteiger partial charge in [0, 0.05) is 0 Å². The monoisotopic (exact) mass is 270 g/mol. The largest absolute Gasteiger partial charge is 1.00 e. The fraction of sp³-hybridized carbons (Fsp3) is 0.125. The molecule has 0 aliphatic heterocycles. The van der Waals surface area contributed by atoms with Crippen LogP contribution in [0.4, 0.5) is 0 Å². The average Bonchev–Trinajstić information content (AvgIpc) is 2.05. The Balaban J connectivity index is 0.00000144. The Bertz CT molecular complexity index is 290. The molecule has 64 valence electrons. The van der Waals surface area contributed by atoms with Crippen molar-refractivity contribution in [3.8, 4) is 0 Å². The second-order valence-corrected chi connectivity index (χ2v) is 4.01. The van der Waals surface area contributed by atoms with Crippen LogP contribution in [0.25, 0.3) is 0 Å². The quantitative estimate of drug-likeness (QED) is 0.525. The molecule has 0 aromatic heterocycles. The van der Waals surface area contributed by atoms with E-state index in [4.69, 9.17) is 3.82 Å². The normalized spacial score (nSPS) is 9.00. The fourth-order valence-corrected chi connectivity index (χ4v) is 1.96. The smallest absolute Gasteiger partial charge is 1.00 e. The van der Waals surface area contributed by atoms with Gasteiger partial charge >= 0.3 is 128 Å². The molecule has 3 nitrogen and oxygen atoms in total. The Hall–Kier alpha value is 0.806. The van der Waals surface area contributed by atoms with Gasteiger partial charge in [0.15, 0.2) is 0 Å². The third-order valence-electron chi connectivity index (χ3n) is 1.28. The summed E-state index contributed by atoms with van der Waals surface area (Å²) in [6.07, 6.45) is 0. The minimum absolute atomic E-state index is 0. The molecule has 1 rings (SSSR count). The number of carbonyl (C=O) groups excluding carboxylic acids is 1. The molecule has 0 aliphatic carbocycles. The van der Waals surface area contributed by atoms with Gasteiger partial charge in [0.25, 0.3) is 0 Å². The van der Waals surface area contributed by atoms with Crippen molar-refractivity contribution in [3.05, 3.63) is 29.8 Å². The Morgan fingerprint density at radius 2 is 2.08 bits per heavy atom. The molecule has 0 amide bonds. The zero-order valence-corrected chi connectivity index (χ0v) is 12.3. The maximum atomic E-state index is 10.5. The molecule has 0 saturated heterocycles. The number of hydrogen-bond acceptors (Lipinski definition) is 3. The molecule has 0 atom stereocenters. The first kappa shape index (κ1) is 13.8. The Kier molecular flexibility index (Phi) is 7.59. The maximum Gasteiger partial charge on any atom is 1.00 e. The second-order valence-electron chi connectivity index (χ2n) is 2.03. The van der Waals surface area contributed by atoms with Crippen LogP contribution < -0.4 is 61.0 Å². The molecule has 0 spiro atoms. The van der Waals surface area contributed by atoms with E-state index in [2.05, 4.69) is 0 Å². The molecule has 1 aromatic rings. The minimum Gasteiger partial charge on any atom is 1.00 e. The average molecular weight is 269 g/mol. The van der Waals surface area contributed by atoms with Gasteiger partial charge in [-0.1, -0.05) is 0 Å². The van der Waals surface area contributed by atoms with Gasteiger partial charge in [-0.3, -0.25) is 0 Å². The molecule has 0 aliphatic rings. The molecule has 0 fully saturated rings. The van der Waals surface area contributed by atoms with Crippen molar-refractivity contribution in [1.82, 2.24) is 0 Å². The van der Waals surface area contributed by atoms with Crippen LogP contribution in [-0.2, 0) is 3.82 Å². The van der Waals surface area contributed by atoms with Crippen LogP contribution in [0.3, 0.4) is 0 Å². The zero-order chi connectivity index (χ0) is 8.97. The Morgan fingerprint density at radius 1 is 1.46 bits per heavy atom. The van der Waals surface area contributed by atoms with E-state index in [0.29, 0.717) is 4.46 Å². The molecular formula is C8H7KO3Se. The SMILES string of the molecule is CO[Se]c1ccccc1C(=O)[O-].[K+]. The van der Waals surface area contributed by atoms with Crippen molar-refractivity contribution < 1.29 is 65.1 Å². The van der Waals surface area contributed by atoms with E-state index in [1.807, 2.05) is 0 Å². The molecule has 0 bridgehead atoms. The molecule has 0 radical (unpaired) electrons. The summed E-state index contributed by atoms with van der Waals surface area (Å²) in [5.74, 6) is -1.15. The van der Waals surface area contributed by atoms with Gasteiger partial charge in [-0.05, 0) is 0 Å². The summed E-state index contributed by atoms with van der Waals surface area (Å²) >= 11 is -0.239. The van der Waals surface area contributed by atoms with Crippen LogP contribution in [0.1, 0.15) is 10.4 Å². The van der Waals surface area contributed by atoms with E-state index >= 15 is 0 Å². The van der Waals surface area contributed by atoms with Crippen LogP contribution in [0.2, 0.25) is 0 Å². The molecule has 0 unspecified atom stereocenters. The number of carbonyl (C=O) groups is 1. The first-order chi connectivity index (χ1) is 5.75. The molecule has 0 N–H and O–H groups in total. The number of hydrogen-bond donors (Lipinski definition) is 0. The van der Waals surface area contributed by atoms with Gasteiger partial charge in [0.1, 0.15) is 0 Å². The third-order valence-corrected chi connectivity index (χ3v) is 2.75. The molecule has 13 heavy (non-hydrogen) atoms. The number of carboxylic acid groups (broad SMARTS) is 1. The van der Waals surface area contributed by atoms with Crippen molar-refractivity contribution in [2.75, 3.05) is 7.11 Å². The maximum absolute atomic E-state index is 10.5. The van der Waals surface area contributed by atoms with Gasteiger partial charge in [-0.25, -0.2) is 0 Å². The Labute approximate surface area is 126 Å². The van der Waals surface area contributed by atoms with E-state index in [0.717, 1.165) is 0 Å². The van der Waals surface area contributed by atoms with Gasteiger partial charge < -0.3 is 0 Å². The number of rotatable bonds is 3. The molecule has 0 heterocycles. The van der Waals surface area contributed by atoms with Crippen molar-refractivity contribution in [2.45, 2.75) is 0 Å². The molecule has 0 saturated carbocycles. The van der Waals surface area contributed by atoms with Gasteiger partial charge in [0.2, 0.25) is 0 Å². The Morgan fingerprint density at radius 3 is 2.62 bits per heavy atom. The van der Waals surface area contributed by atoms with Crippen molar-refractivity contribution in [2.24, 2.45) is 0 Å². The summed E-state index contributed by atoms with van der Waals surface area (Å²) in [7, 11) is 1.55. The minimum atomic E-state index is -1.15. The van der Waals surface area contributed by atoms with E-state index in [1.54, 1.807) is 25.3 Å². The number of carboxylic acids is 1. The van der Waals surface area contributed by atoms with Crippen LogP contribution in [0.15, 0.2) is 24.3 Å². The third kappa shape index (κ3) is 4.23. The summed E-state index contributed by atoms with van der Waals surface area (Å²) < 4.78 is 5.59. The first-order valence-corrected chi connectivity index (χ1v) is 4.82. The van der Waals surface area contributed by atoms with Crippen LogP contribution >= 0.6 is 0 Å². The summed E-state index contributed by atoms with van der Waals surface area (Å²) in [4.78, 5) is 10.5. The molecular weight excluding hydrogens is 262 g/mol. The second kappa shape index (κ2) is 7.14. The fourth-order valence-electron chi connectivity index (χ4n) is 0.798. The molecule has 1 aromatic carbocycles. The van der Waals surface area contributed by atoms with E-state index in [-0.39, 0.29) is 72.2 Å². The summed E-state index contributed by atoms with van der Waals surface area (Å²) in [5, 5.41) is 10.5. The van der Waals surface area contributed by atoms with Gasteiger partial charge in [-0.15, -0.1) is 0 Å². The number of benzene rings is 1. The number of aromatic carboxylic acids is 1. The van der Waals surface area contributed by atoms with Crippen LogP contribution in [0, 0.1) is 0 Å². The zero-order valence-electron chi connectivity index (χ0n) is 7.44. The predicted molar refractivity (Wildman–Crippen MR) is 43.2 cm³/mol. The first-order valence-electron chi connectivity index (χ1n) is 3.26. The summed E-state index contributed by atoms with van der Waals surface area (Å²) in [5.41, 5.74) is 0.222. The standard InChI is InChI=1S/C8H8O3Se.K/c1-11-12-7-5-3-2-4-6(7)8(9)10;/h2-5H,1H3,(H,9,10);/q;+1/p-1. The van der Waals surface area contributed by atoms with Crippen molar-refractivity contribution in [3.63, 3.8) is 0 Å². The van der Waals surface area contributed by atoms with Crippen LogP contribution in [-0.4, -0.2) is 28.4 Å². The van der Waals surface area contributed by atoms with Crippen molar-refractivity contribution >= 4 is 25.7 Å². The van der Waals surface area contributed by atoms with E-state index in [9.17, 15) is 9.90 Å². The van der Waals surface area contributed by atoms with E-state index < -0.39 is 5.97 Å². The summed E-state index contributed by atoms with van der Waals surface area (Å²) in [6, 6.07) is 6.70. The summed E-state index contributed by atoms with van der Waals surface area (Å²) in [6.45, 7) is 0. The molecule has 5 heteroatoms. The van der Waals surface area contributed by atoms with E-state index in [1.165, 1.54) is 6.07 Å². The van der Waals surface area contributed by atoms with Gasteiger partial charge in [0.05, 0.1) is 0 Å².